The lowest BCUT2D eigenvalue weighted by Gasteiger charge is -2.10. The number of para-hydroxylation sites is 1. The maximum Gasteiger partial charge on any atom is 0.265 e. The van der Waals surface area contributed by atoms with Crippen molar-refractivity contribution in [2.24, 2.45) is 16.1 Å². The summed E-state index contributed by atoms with van der Waals surface area (Å²) < 4.78 is 24.7. The zero-order chi connectivity index (χ0) is 18.2. The van der Waals surface area contributed by atoms with Gasteiger partial charge in [-0.2, -0.15) is 0 Å². The van der Waals surface area contributed by atoms with Gasteiger partial charge in [0.2, 0.25) is 5.88 Å². The minimum absolute atomic E-state index is 0.0215. The molecular weight excluding hydrogens is 342 g/mol. The van der Waals surface area contributed by atoms with Gasteiger partial charge < -0.3 is 9.67 Å². The van der Waals surface area contributed by atoms with E-state index in [0.29, 0.717) is 11.8 Å². The van der Waals surface area contributed by atoms with Gasteiger partial charge in [0, 0.05) is 17.8 Å². The number of aromatic nitrogens is 1. The molecule has 1 aromatic heterocycles. The second kappa shape index (κ2) is 6.59. The fraction of sp³-hybridized carbons (Fsp3) is 0.471. The van der Waals surface area contributed by atoms with Crippen molar-refractivity contribution < 1.29 is 18.3 Å². The Bertz CT molecular complexity index is 944. The highest BCUT2D eigenvalue weighted by Gasteiger charge is 2.29. The number of benzene rings is 1. The van der Waals surface area contributed by atoms with Gasteiger partial charge in [-0.3, -0.25) is 4.79 Å². The molecule has 1 N–H and O–H groups in total. The Morgan fingerprint density at radius 3 is 2.72 bits per heavy atom. The third-order valence-electron chi connectivity index (χ3n) is 4.43. The second-order valence-electron chi connectivity index (χ2n) is 6.72. The normalized spacial score (nSPS) is 20.0. The van der Waals surface area contributed by atoms with Crippen LogP contribution in [-0.4, -0.2) is 35.5 Å². The Morgan fingerprint density at radius 1 is 1.36 bits per heavy atom. The standard InChI is InChI=1S/C17H21N3O4S/c1-11(2)20-14-6-4-3-5-13(14)16(17(20)22)19-18-15(21)9-12-7-8-25(23,24)10-12/h3-6,11-12,22H,7-10H2,1-2H3/t12-/m0/s1. The van der Waals surface area contributed by atoms with E-state index in [1.54, 1.807) is 4.57 Å². The van der Waals surface area contributed by atoms with Crippen LogP contribution in [0.2, 0.25) is 0 Å². The molecule has 25 heavy (non-hydrogen) atoms. The fourth-order valence-corrected chi connectivity index (χ4v) is 5.14. The zero-order valence-corrected chi connectivity index (χ0v) is 15.0. The fourth-order valence-electron chi connectivity index (χ4n) is 3.28. The van der Waals surface area contributed by atoms with Crippen molar-refractivity contribution in [2.75, 3.05) is 11.5 Å². The minimum atomic E-state index is -3.02. The van der Waals surface area contributed by atoms with Crippen molar-refractivity contribution in [1.82, 2.24) is 4.57 Å². The summed E-state index contributed by atoms with van der Waals surface area (Å²) >= 11 is 0. The van der Waals surface area contributed by atoms with Crippen LogP contribution in [-0.2, 0) is 14.6 Å². The smallest absolute Gasteiger partial charge is 0.265 e. The monoisotopic (exact) mass is 363 g/mol. The molecule has 1 atom stereocenters. The molecule has 1 saturated heterocycles. The lowest BCUT2D eigenvalue weighted by molar-refractivity contribution is -0.119. The Labute approximate surface area is 146 Å². The lowest BCUT2D eigenvalue weighted by atomic mass is 10.1. The number of hydrogen-bond donors (Lipinski definition) is 1. The zero-order valence-electron chi connectivity index (χ0n) is 14.2. The molecule has 1 amide bonds. The van der Waals surface area contributed by atoms with Crippen LogP contribution in [0.25, 0.3) is 10.9 Å². The van der Waals surface area contributed by atoms with Crippen LogP contribution in [0.4, 0.5) is 5.69 Å². The first-order valence-electron chi connectivity index (χ1n) is 8.25. The van der Waals surface area contributed by atoms with E-state index in [1.807, 2.05) is 38.1 Å². The number of azo groups is 1. The van der Waals surface area contributed by atoms with E-state index in [9.17, 15) is 18.3 Å². The number of carbonyl (C=O) groups is 1. The van der Waals surface area contributed by atoms with Crippen LogP contribution in [0, 0.1) is 5.92 Å². The number of aromatic hydroxyl groups is 1. The predicted molar refractivity (Wildman–Crippen MR) is 94.9 cm³/mol. The van der Waals surface area contributed by atoms with Crippen LogP contribution in [0.1, 0.15) is 32.7 Å². The average Bonchev–Trinajstić information content (AvgIpc) is 3.01. The maximum atomic E-state index is 12.0. The SMILES string of the molecule is CC(C)n1c(O)c(N=NC(=O)C[C@@H]2CCS(=O)(=O)C2)c2ccccc21. The number of sulfone groups is 1. The van der Waals surface area contributed by atoms with Crippen molar-refractivity contribution in [3.8, 4) is 5.88 Å². The average molecular weight is 363 g/mol. The Balaban J connectivity index is 1.84. The van der Waals surface area contributed by atoms with Crippen LogP contribution in [0.3, 0.4) is 0 Å². The summed E-state index contributed by atoms with van der Waals surface area (Å²) in [5.41, 5.74) is 1.08. The number of nitrogens with zero attached hydrogens (tertiary/aromatic N) is 3. The molecule has 0 saturated carbocycles. The summed E-state index contributed by atoms with van der Waals surface area (Å²) in [5, 5.41) is 18.9. The summed E-state index contributed by atoms with van der Waals surface area (Å²) in [6.07, 6.45) is 0.549. The van der Waals surface area contributed by atoms with Gasteiger partial charge in [-0.1, -0.05) is 18.2 Å². The molecule has 0 aliphatic carbocycles. The van der Waals surface area contributed by atoms with Crippen molar-refractivity contribution in [2.45, 2.75) is 32.7 Å². The Hall–Kier alpha value is -2.22. The number of carbonyl (C=O) groups excluding carboxylic acids is 1. The topological polar surface area (TPSA) is 101 Å². The van der Waals surface area contributed by atoms with Crippen molar-refractivity contribution >= 4 is 32.3 Å². The van der Waals surface area contributed by atoms with E-state index in [1.165, 1.54) is 0 Å². The molecule has 2 aromatic rings. The van der Waals surface area contributed by atoms with Gasteiger partial charge >= 0.3 is 0 Å². The predicted octanol–water partition coefficient (Wildman–Crippen LogP) is 3.36. The van der Waals surface area contributed by atoms with Crippen molar-refractivity contribution in [1.29, 1.82) is 0 Å². The van der Waals surface area contributed by atoms with Gasteiger partial charge in [0.25, 0.3) is 5.91 Å². The third-order valence-corrected chi connectivity index (χ3v) is 6.26. The Morgan fingerprint density at radius 2 is 2.08 bits per heavy atom. The van der Waals surface area contributed by atoms with Gasteiger partial charge in [0.1, 0.15) is 0 Å². The van der Waals surface area contributed by atoms with E-state index in [2.05, 4.69) is 10.2 Å². The molecule has 7 nitrogen and oxygen atoms in total. The van der Waals surface area contributed by atoms with Gasteiger partial charge in [-0.15, -0.1) is 10.2 Å². The lowest BCUT2D eigenvalue weighted by Crippen LogP contribution is -2.08. The summed E-state index contributed by atoms with van der Waals surface area (Å²) in [4.78, 5) is 12.0. The first-order valence-corrected chi connectivity index (χ1v) is 10.1. The van der Waals surface area contributed by atoms with E-state index in [4.69, 9.17) is 0 Å². The molecule has 1 aromatic carbocycles. The molecule has 1 aliphatic rings. The molecule has 3 rings (SSSR count). The van der Waals surface area contributed by atoms with Crippen LogP contribution < -0.4 is 0 Å². The molecule has 8 heteroatoms. The molecule has 1 fully saturated rings. The second-order valence-corrected chi connectivity index (χ2v) is 8.95. The minimum Gasteiger partial charge on any atom is -0.493 e. The van der Waals surface area contributed by atoms with Crippen molar-refractivity contribution in [3.63, 3.8) is 0 Å². The van der Waals surface area contributed by atoms with E-state index in [0.717, 1.165) is 5.52 Å². The first kappa shape index (κ1) is 17.6. The van der Waals surface area contributed by atoms with E-state index >= 15 is 0 Å². The van der Waals surface area contributed by atoms with Crippen LogP contribution in [0.15, 0.2) is 34.5 Å². The summed E-state index contributed by atoms with van der Waals surface area (Å²) in [7, 11) is -3.02. The van der Waals surface area contributed by atoms with Gasteiger partial charge in [-0.05, 0) is 32.3 Å². The number of hydrogen-bond acceptors (Lipinski definition) is 5. The quantitative estimate of drug-likeness (QED) is 0.842. The molecule has 1 aliphatic heterocycles. The number of amides is 1. The molecule has 0 spiro atoms. The Kier molecular flexibility index (Phi) is 4.64. The largest absolute Gasteiger partial charge is 0.493 e. The maximum absolute atomic E-state index is 12.0. The first-order chi connectivity index (χ1) is 11.8. The summed E-state index contributed by atoms with van der Waals surface area (Å²) in [6.45, 7) is 3.89. The van der Waals surface area contributed by atoms with Gasteiger partial charge in [0.05, 0.1) is 17.0 Å². The molecule has 0 radical (unpaired) electrons. The summed E-state index contributed by atoms with van der Waals surface area (Å²) in [5.74, 6) is -0.530. The van der Waals surface area contributed by atoms with Crippen molar-refractivity contribution in [3.05, 3.63) is 24.3 Å². The van der Waals surface area contributed by atoms with Crippen LogP contribution in [0.5, 0.6) is 5.88 Å². The number of rotatable bonds is 4. The number of fused-ring (bicyclic) bond motifs is 1. The van der Waals surface area contributed by atoms with Crippen LogP contribution >= 0.6 is 0 Å². The third kappa shape index (κ3) is 3.58. The molecular formula is C17H21N3O4S. The van der Waals surface area contributed by atoms with E-state index in [-0.39, 0.29) is 41.5 Å². The molecule has 2 heterocycles. The summed E-state index contributed by atoms with van der Waals surface area (Å²) in [6, 6.07) is 7.41. The van der Waals surface area contributed by atoms with Gasteiger partial charge in [0.15, 0.2) is 15.5 Å². The molecule has 134 valence electrons. The van der Waals surface area contributed by atoms with Gasteiger partial charge in [-0.25, -0.2) is 8.42 Å². The highest BCUT2D eigenvalue weighted by Crippen LogP contribution is 2.40. The molecule has 0 unspecified atom stereocenters. The highest BCUT2D eigenvalue weighted by molar-refractivity contribution is 7.91. The highest BCUT2D eigenvalue weighted by atomic mass is 32.2. The molecule has 0 bridgehead atoms. The van der Waals surface area contributed by atoms with E-state index < -0.39 is 15.7 Å².